The molecule has 1 aliphatic rings. The fourth-order valence-corrected chi connectivity index (χ4v) is 2.30. The molecule has 0 spiro atoms. The van der Waals surface area contributed by atoms with Gasteiger partial charge < -0.3 is 15.6 Å². The normalized spacial score (nSPS) is 15.7. The number of nitrogens with zero attached hydrogens (tertiary/aromatic N) is 2. The van der Waals surface area contributed by atoms with Crippen molar-refractivity contribution in [1.82, 2.24) is 14.9 Å². The van der Waals surface area contributed by atoms with Crippen LogP contribution >= 0.6 is 0 Å². The Balaban J connectivity index is 1.55. The lowest BCUT2D eigenvalue weighted by Crippen LogP contribution is -2.42. The van der Waals surface area contributed by atoms with E-state index in [0.717, 1.165) is 31.6 Å². The van der Waals surface area contributed by atoms with Crippen LogP contribution in [0.15, 0.2) is 42.7 Å². The molecule has 5 heteroatoms. The van der Waals surface area contributed by atoms with E-state index in [0.29, 0.717) is 6.54 Å². The number of carbonyl (C=O) groups excluding carboxylic acids is 1. The maximum Gasteiger partial charge on any atom is 0.240 e. The number of hydrogen-bond donors (Lipinski definition) is 2. The second-order valence-corrected chi connectivity index (χ2v) is 5.61. The molecule has 1 aromatic heterocycles. The van der Waals surface area contributed by atoms with E-state index >= 15 is 0 Å². The number of nitrogens with two attached hydrogens (primary N) is 1. The fraction of sp³-hybridized carbons (Fsp3) is 0.375. The third-order valence-electron chi connectivity index (χ3n) is 3.93. The number of carbonyl (C=O) groups is 1. The van der Waals surface area contributed by atoms with Gasteiger partial charge in [0.2, 0.25) is 5.91 Å². The first kappa shape index (κ1) is 13.8. The number of rotatable bonds is 6. The van der Waals surface area contributed by atoms with Crippen LogP contribution in [-0.4, -0.2) is 21.0 Å². The largest absolute Gasteiger partial charge is 0.347 e. The Kier molecular flexibility index (Phi) is 3.75. The van der Waals surface area contributed by atoms with Crippen LogP contribution in [0.25, 0.3) is 0 Å². The Labute approximate surface area is 124 Å². The van der Waals surface area contributed by atoms with Gasteiger partial charge in [-0.3, -0.25) is 4.79 Å². The molecule has 110 valence electrons. The van der Waals surface area contributed by atoms with Gasteiger partial charge >= 0.3 is 0 Å². The third kappa shape index (κ3) is 3.31. The average molecular weight is 284 g/mol. The first-order chi connectivity index (χ1) is 10.2. The first-order valence-electron chi connectivity index (χ1n) is 7.28. The molecular formula is C16H20N4O. The summed E-state index contributed by atoms with van der Waals surface area (Å²) in [4.78, 5) is 16.2. The first-order valence-corrected chi connectivity index (χ1v) is 7.28. The second-order valence-electron chi connectivity index (χ2n) is 5.61. The van der Waals surface area contributed by atoms with Gasteiger partial charge in [0.05, 0.1) is 12.1 Å². The zero-order valence-corrected chi connectivity index (χ0v) is 12.0. The molecule has 1 saturated carbocycles. The standard InChI is InChI=1S/C16H20N4O/c17-16(7-8-16)15(21)19-12-14-18-9-11-20(14)10-6-13-4-2-1-3-5-13/h1-5,9,11H,6-8,10,12,17H2,(H,19,21). The van der Waals surface area contributed by atoms with E-state index in [9.17, 15) is 4.79 Å². The Hall–Kier alpha value is -2.14. The van der Waals surface area contributed by atoms with Crippen LogP contribution in [-0.2, 0) is 24.3 Å². The molecule has 0 bridgehead atoms. The molecule has 1 heterocycles. The van der Waals surface area contributed by atoms with Crippen LogP contribution in [0.3, 0.4) is 0 Å². The summed E-state index contributed by atoms with van der Waals surface area (Å²) in [6.07, 6.45) is 6.21. The number of nitrogens with one attached hydrogen (secondary N) is 1. The highest BCUT2D eigenvalue weighted by Crippen LogP contribution is 2.32. The van der Waals surface area contributed by atoms with Crippen LogP contribution in [0.4, 0.5) is 0 Å². The molecule has 1 aromatic carbocycles. The Bertz CT molecular complexity index is 616. The minimum Gasteiger partial charge on any atom is -0.347 e. The van der Waals surface area contributed by atoms with Crippen molar-refractivity contribution in [3.63, 3.8) is 0 Å². The number of aromatic nitrogens is 2. The number of benzene rings is 1. The Morgan fingerprint density at radius 1 is 1.33 bits per heavy atom. The highest BCUT2D eigenvalue weighted by atomic mass is 16.2. The van der Waals surface area contributed by atoms with Gasteiger partial charge in [0.1, 0.15) is 5.82 Å². The average Bonchev–Trinajstić information content (AvgIpc) is 3.11. The molecular weight excluding hydrogens is 264 g/mol. The van der Waals surface area contributed by atoms with Gasteiger partial charge in [0.15, 0.2) is 0 Å². The van der Waals surface area contributed by atoms with Crippen LogP contribution < -0.4 is 11.1 Å². The molecule has 0 atom stereocenters. The van der Waals surface area contributed by atoms with Crippen LogP contribution in [0, 0.1) is 0 Å². The monoisotopic (exact) mass is 284 g/mol. The van der Waals surface area contributed by atoms with Gasteiger partial charge in [-0.05, 0) is 24.8 Å². The third-order valence-corrected chi connectivity index (χ3v) is 3.93. The van der Waals surface area contributed by atoms with E-state index in [2.05, 4.69) is 27.0 Å². The van der Waals surface area contributed by atoms with Gasteiger partial charge in [-0.15, -0.1) is 0 Å². The van der Waals surface area contributed by atoms with Crippen LogP contribution in [0.1, 0.15) is 24.2 Å². The molecule has 1 fully saturated rings. The van der Waals surface area contributed by atoms with Crippen molar-refractivity contribution in [2.45, 2.75) is 37.9 Å². The summed E-state index contributed by atoms with van der Waals surface area (Å²) in [6, 6.07) is 10.3. The van der Waals surface area contributed by atoms with Gasteiger partial charge in [-0.1, -0.05) is 30.3 Å². The molecule has 0 radical (unpaired) electrons. The number of imidazole rings is 1. The van der Waals surface area contributed by atoms with Gasteiger partial charge in [0, 0.05) is 18.9 Å². The highest BCUT2D eigenvalue weighted by molar-refractivity contribution is 5.88. The van der Waals surface area contributed by atoms with E-state index in [4.69, 9.17) is 5.73 Å². The van der Waals surface area contributed by atoms with E-state index < -0.39 is 5.54 Å². The summed E-state index contributed by atoms with van der Waals surface area (Å²) in [6.45, 7) is 1.28. The van der Waals surface area contributed by atoms with Crippen molar-refractivity contribution in [1.29, 1.82) is 0 Å². The molecule has 21 heavy (non-hydrogen) atoms. The maximum atomic E-state index is 11.8. The molecule has 0 saturated heterocycles. The predicted molar refractivity (Wildman–Crippen MR) is 80.4 cm³/mol. The molecule has 2 aromatic rings. The van der Waals surface area contributed by atoms with E-state index in [-0.39, 0.29) is 5.91 Å². The van der Waals surface area contributed by atoms with Crippen molar-refractivity contribution in [2.75, 3.05) is 0 Å². The van der Waals surface area contributed by atoms with E-state index in [1.807, 2.05) is 24.4 Å². The highest BCUT2D eigenvalue weighted by Gasteiger charge is 2.45. The molecule has 1 amide bonds. The lowest BCUT2D eigenvalue weighted by Gasteiger charge is -2.11. The lowest BCUT2D eigenvalue weighted by molar-refractivity contribution is -0.123. The second kappa shape index (κ2) is 5.69. The molecule has 3 N–H and O–H groups in total. The molecule has 1 aliphatic carbocycles. The molecule has 0 aliphatic heterocycles. The lowest BCUT2D eigenvalue weighted by atomic mass is 10.1. The van der Waals surface area contributed by atoms with Crippen molar-refractivity contribution < 1.29 is 4.79 Å². The van der Waals surface area contributed by atoms with Crippen molar-refractivity contribution in [2.24, 2.45) is 5.73 Å². The van der Waals surface area contributed by atoms with Crippen molar-refractivity contribution >= 4 is 5.91 Å². The quantitative estimate of drug-likeness (QED) is 0.838. The SMILES string of the molecule is NC1(C(=O)NCc2nccn2CCc2ccccc2)CC1. The maximum absolute atomic E-state index is 11.8. The molecule has 0 unspecified atom stereocenters. The number of aryl methyl sites for hydroxylation is 2. The smallest absolute Gasteiger partial charge is 0.240 e. The predicted octanol–water partition coefficient (Wildman–Crippen LogP) is 1.23. The zero-order valence-electron chi connectivity index (χ0n) is 12.0. The minimum atomic E-state index is -0.624. The summed E-state index contributed by atoms with van der Waals surface area (Å²) in [5.41, 5.74) is 6.53. The summed E-state index contributed by atoms with van der Waals surface area (Å²) < 4.78 is 2.07. The Morgan fingerprint density at radius 2 is 2.10 bits per heavy atom. The van der Waals surface area contributed by atoms with Crippen molar-refractivity contribution in [3.05, 3.63) is 54.1 Å². The Morgan fingerprint density at radius 3 is 2.81 bits per heavy atom. The zero-order chi connectivity index (χ0) is 14.7. The topological polar surface area (TPSA) is 72.9 Å². The summed E-state index contributed by atoms with van der Waals surface area (Å²) >= 11 is 0. The summed E-state index contributed by atoms with van der Waals surface area (Å²) in [7, 11) is 0. The van der Waals surface area contributed by atoms with E-state index in [1.165, 1.54) is 5.56 Å². The molecule has 3 rings (SSSR count). The van der Waals surface area contributed by atoms with E-state index in [1.54, 1.807) is 6.20 Å². The summed E-state index contributed by atoms with van der Waals surface area (Å²) in [5, 5.41) is 2.88. The van der Waals surface area contributed by atoms with Crippen LogP contribution in [0.2, 0.25) is 0 Å². The number of amides is 1. The van der Waals surface area contributed by atoms with Crippen molar-refractivity contribution in [3.8, 4) is 0 Å². The molecule has 5 nitrogen and oxygen atoms in total. The van der Waals surface area contributed by atoms with Gasteiger partial charge in [-0.25, -0.2) is 4.98 Å². The minimum absolute atomic E-state index is 0.0693. The van der Waals surface area contributed by atoms with Gasteiger partial charge in [0.25, 0.3) is 0 Å². The fourth-order valence-electron chi connectivity index (χ4n) is 2.30. The number of hydrogen-bond acceptors (Lipinski definition) is 3. The van der Waals surface area contributed by atoms with Gasteiger partial charge in [-0.2, -0.15) is 0 Å². The summed E-state index contributed by atoms with van der Waals surface area (Å²) in [5.74, 6) is 0.795. The van der Waals surface area contributed by atoms with Crippen LogP contribution in [0.5, 0.6) is 0 Å².